The van der Waals surface area contributed by atoms with Crippen molar-refractivity contribution < 1.29 is 0 Å². The molecule has 0 aliphatic rings. The van der Waals surface area contributed by atoms with E-state index >= 15 is 0 Å². The summed E-state index contributed by atoms with van der Waals surface area (Å²) in [6.07, 6.45) is 0. The maximum Gasteiger partial charge on any atom is -0.00266 e. The Balaban J connectivity index is 1.20. The summed E-state index contributed by atoms with van der Waals surface area (Å²) in [5, 5.41) is 7.52. The van der Waals surface area contributed by atoms with Gasteiger partial charge in [-0.2, -0.15) is 0 Å². The number of rotatable bonds is 6. The second kappa shape index (κ2) is 13.5. The maximum atomic E-state index is 2.36. The van der Waals surface area contributed by atoms with Crippen molar-refractivity contribution in [2.24, 2.45) is 0 Å². The molecule has 0 saturated carbocycles. The van der Waals surface area contributed by atoms with Gasteiger partial charge >= 0.3 is 0 Å². The zero-order valence-electron chi connectivity index (χ0n) is 29.8. The Hall–Kier alpha value is -7.02. The first-order valence-electron chi connectivity index (χ1n) is 18.7. The van der Waals surface area contributed by atoms with E-state index in [2.05, 4.69) is 218 Å². The third-order valence-corrected chi connectivity index (χ3v) is 10.9. The molecule has 0 heteroatoms. The number of hydrogen-bond donors (Lipinski definition) is 0. The van der Waals surface area contributed by atoms with Crippen LogP contribution in [0.2, 0.25) is 0 Å². The molecule has 10 rings (SSSR count). The summed E-state index contributed by atoms with van der Waals surface area (Å²) < 4.78 is 0. The molecule has 0 bridgehead atoms. The summed E-state index contributed by atoms with van der Waals surface area (Å²) in [6.45, 7) is 0. The van der Waals surface area contributed by atoms with Gasteiger partial charge in [-0.1, -0.05) is 206 Å². The monoisotopic (exact) mass is 684 g/mol. The Morgan fingerprint density at radius 3 is 0.963 bits per heavy atom. The van der Waals surface area contributed by atoms with E-state index in [1.807, 2.05) is 0 Å². The zero-order valence-corrected chi connectivity index (χ0v) is 29.8. The minimum Gasteiger partial charge on any atom is -0.0622 e. The fraction of sp³-hybridized carbons (Fsp3) is 0. The van der Waals surface area contributed by atoms with Gasteiger partial charge < -0.3 is 0 Å². The molecule has 0 radical (unpaired) electrons. The fourth-order valence-corrected chi connectivity index (χ4v) is 8.38. The molecule has 0 fully saturated rings. The quantitative estimate of drug-likeness (QED) is 0.164. The van der Waals surface area contributed by atoms with E-state index in [9.17, 15) is 0 Å². The summed E-state index contributed by atoms with van der Waals surface area (Å²) >= 11 is 0. The van der Waals surface area contributed by atoms with Gasteiger partial charge in [0, 0.05) is 0 Å². The number of fused-ring (bicyclic) bond motifs is 3. The molecule has 252 valence electrons. The van der Waals surface area contributed by atoms with Crippen molar-refractivity contribution >= 4 is 32.3 Å². The van der Waals surface area contributed by atoms with Crippen LogP contribution in [0.25, 0.3) is 99.1 Å². The van der Waals surface area contributed by atoms with Crippen molar-refractivity contribution in [1.29, 1.82) is 0 Å². The van der Waals surface area contributed by atoms with E-state index in [0.29, 0.717) is 0 Å². The minimum absolute atomic E-state index is 1.20. The maximum absolute atomic E-state index is 2.36. The highest BCUT2D eigenvalue weighted by atomic mass is 14.2. The van der Waals surface area contributed by atoms with Crippen LogP contribution in [0.4, 0.5) is 0 Å². The predicted molar refractivity (Wildman–Crippen MR) is 232 cm³/mol. The molecular weight excluding hydrogens is 649 g/mol. The third-order valence-electron chi connectivity index (χ3n) is 10.9. The first kappa shape index (κ1) is 31.7. The highest BCUT2D eigenvalue weighted by molar-refractivity contribution is 6.13. The van der Waals surface area contributed by atoms with Crippen molar-refractivity contribution in [3.8, 4) is 66.8 Å². The van der Waals surface area contributed by atoms with Crippen LogP contribution in [0.5, 0.6) is 0 Å². The van der Waals surface area contributed by atoms with Gasteiger partial charge in [-0.05, 0) is 111 Å². The Labute approximate surface area is 316 Å². The van der Waals surface area contributed by atoms with Gasteiger partial charge in [0.25, 0.3) is 0 Å². The van der Waals surface area contributed by atoms with Crippen LogP contribution in [0, 0.1) is 0 Å². The average molecular weight is 685 g/mol. The summed E-state index contributed by atoms with van der Waals surface area (Å²) in [5.74, 6) is 0. The van der Waals surface area contributed by atoms with Crippen LogP contribution < -0.4 is 0 Å². The largest absolute Gasteiger partial charge is 0.0622 e. The normalized spacial score (nSPS) is 11.3. The van der Waals surface area contributed by atoms with Gasteiger partial charge in [0.05, 0.1) is 0 Å². The van der Waals surface area contributed by atoms with Crippen LogP contribution >= 0.6 is 0 Å². The number of hydrogen-bond acceptors (Lipinski definition) is 0. The van der Waals surface area contributed by atoms with Gasteiger partial charge in [-0.15, -0.1) is 0 Å². The van der Waals surface area contributed by atoms with E-state index in [1.165, 1.54) is 99.1 Å². The molecular formula is C54H36. The van der Waals surface area contributed by atoms with Crippen molar-refractivity contribution in [1.82, 2.24) is 0 Å². The number of benzene rings is 10. The summed E-state index contributed by atoms with van der Waals surface area (Å²) in [7, 11) is 0. The molecule has 0 unspecified atom stereocenters. The topological polar surface area (TPSA) is 0 Å². The predicted octanol–water partition coefficient (Wildman–Crippen LogP) is 15.1. The van der Waals surface area contributed by atoms with Crippen molar-refractivity contribution in [2.45, 2.75) is 0 Å². The Morgan fingerprint density at radius 2 is 0.519 bits per heavy atom. The van der Waals surface area contributed by atoms with E-state index in [1.54, 1.807) is 0 Å². The lowest BCUT2D eigenvalue weighted by atomic mass is 9.83. The molecule has 0 saturated heterocycles. The molecule has 10 aromatic rings. The van der Waals surface area contributed by atoms with Crippen LogP contribution in [0.3, 0.4) is 0 Å². The van der Waals surface area contributed by atoms with Crippen LogP contribution in [0.15, 0.2) is 218 Å². The molecule has 0 atom stereocenters. The van der Waals surface area contributed by atoms with Crippen molar-refractivity contribution in [3.05, 3.63) is 218 Å². The summed E-state index contributed by atoms with van der Waals surface area (Å²) in [4.78, 5) is 0. The molecule has 0 nitrogen and oxygen atoms in total. The zero-order chi connectivity index (χ0) is 35.8. The van der Waals surface area contributed by atoms with Gasteiger partial charge in [-0.25, -0.2) is 0 Å². The van der Waals surface area contributed by atoms with E-state index < -0.39 is 0 Å². The Morgan fingerprint density at radius 1 is 0.185 bits per heavy atom. The second-order valence-electron chi connectivity index (χ2n) is 14.0. The molecule has 0 aliphatic heterocycles. The second-order valence-corrected chi connectivity index (χ2v) is 14.0. The van der Waals surface area contributed by atoms with E-state index in [-0.39, 0.29) is 0 Å². The molecule has 10 aromatic carbocycles. The Bertz CT molecular complexity index is 2760. The van der Waals surface area contributed by atoms with Crippen LogP contribution in [-0.4, -0.2) is 0 Å². The smallest absolute Gasteiger partial charge is 0.00266 e. The highest BCUT2D eigenvalue weighted by Crippen LogP contribution is 2.46. The average Bonchev–Trinajstić information content (AvgIpc) is 3.26. The van der Waals surface area contributed by atoms with Crippen LogP contribution in [0.1, 0.15) is 0 Å². The molecule has 0 N–H and O–H groups in total. The summed E-state index contributed by atoms with van der Waals surface area (Å²) in [5.41, 5.74) is 14.7. The lowest BCUT2D eigenvalue weighted by Gasteiger charge is -2.20. The molecule has 0 spiro atoms. The molecule has 0 heterocycles. The molecule has 0 aliphatic carbocycles. The standard InChI is InChI=1S/C54H36/c1-3-17-39(18-4-1)53-49(43-25-11-23-41(35-43)47-29-13-21-37-15-7-9-27-45(37)47)31-34-52-51(53)33-32-50(54(52)40-19-5-2-6-20-40)44-26-12-24-42(36-44)48-30-14-22-38-16-8-10-28-46(38)48/h1-36H. The van der Waals surface area contributed by atoms with Crippen molar-refractivity contribution in [2.75, 3.05) is 0 Å². The third kappa shape index (κ3) is 5.57. The van der Waals surface area contributed by atoms with Gasteiger partial charge in [0.2, 0.25) is 0 Å². The molecule has 54 heavy (non-hydrogen) atoms. The van der Waals surface area contributed by atoms with E-state index in [4.69, 9.17) is 0 Å². The first-order chi connectivity index (χ1) is 26.8. The van der Waals surface area contributed by atoms with Gasteiger partial charge in [0.15, 0.2) is 0 Å². The van der Waals surface area contributed by atoms with Crippen LogP contribution in [-0.2, 0) is 0 Å². The van der Waals surface area contributed by atoms with Gasteiger partial charge in [0.1, 0.15) is 0 Å². The van der Waals surface area contributed by atoms with E-state index in [0.717, 1.165) is 0 Å². The lowest BCUT2D eigenvalue weighted by molar-refractivity contribution is 1.58. The first-order valence-corrected chi connectivity index (χ1v) is 18.7. The van der Waals surface area contributed by atoms with Crippen molar-refractivity contribution in [3.63, 3.8) is 0 Å². The SMILES string of the molecule is c1ccc(-c2c(-c3cccc(-c4cccc5ccccc45)c3)ccc3c(-c4ccccc4)c(-c4cccc(-c5cccc6ccccc56)c4)ccc23)cc1. The lowest BCUT2D eigenvalue weighted by Crippen LogP contribution is -1.93. The summed E-state index contributed by atoms with van der Waals surface area (Å²) in [6, 6.07) is 79.8. The van der Waals surface area contributed by atoms with Gasteiger partial charge in [-0.3, -0.25) is 0 Å². The minimum atomic E-state index is 1.20. The molecule has 0 amide bonds. The fourth-order valence-electron chi connectivity index (χ4n) is 8.38. The molecule has 0 aromatic heterocycles. The highest BCUT2D eigenvalue weighted by Gasteiger charge is 2.19. The Kier molecular flexibility index (Phi) is 7.93.